The molecule has 1 rings (SSSR count). The molecule has 0 spiro atoms. The van der Waals surface area contributed by atoms with Crippen molar-refractivity contribution < 1.29 is 19.1 Å². The molecule has 2 unspecified atom stereocenters. The van der Waals surface area contributed by atoms with Crippen LogP contribution in [0.2, 0.25) is 0 Å². The summed E-state index contributed by atoms with van der Waals surface area (Å²) in [6.07, 6.45) is 1.22. The Kier molecular flexibility index (Phi) is 5.01. The van der Waals surface area contributed by atoms with E-state index < -0.39 is 17.6 Å². The molecule has 1 aliphatic heterocycles. The summed E-state index contributed by atoms with van der Waals surface area (Å²) in [7, 11) is 1.29. The lowest BCUT2D eigenvalue weighted by Gasteiger charge is -2.28. The maximum absolute atomic E-state index is 12.0. The molecule has 0 bridgehead atoms. The van der Waals surface area contributed by atoms with Gasteiger partial charge in [-0.3, -0.25) is 9.59 Å². The zero-order valence-electron chi connectivity index (χ0n) is 10.7. The Morgan fingerprint density at radius 2 is 2.28 bits per heavy atom. The lowest BCUT2D eigenvalue weighted by atomic mass is 9.95. The second-order valence-electron chi connectivity index (χ2n) is 4.36. The fraction of sp³-hybridized carbons (Fsp3) is 0.727. The van der Waals surface area contributed by atoms with Crippen molar-refractivity contribution >= 4 is 28.9 Å². The fourth-order valence-corrected chi connectivity index (χ4v) is 2.60. The molecule has 2 N–H and O–H groups in total. The summed E-state index contributed by atoms with van der Waals surface area (Å²) in [6, 6.07) is -0.580. The lowest BCUT2D eigenvalue weighted by Crippen LogP contribution is -2.57. The lowest BCUT2D eigenvalue weighted by molar-refractivity contribution is -0.150. The number of nitrogens with one attached hydrogen (secondary N) is 2. The molecule has 1 heterocycles. The van der Waals surface area contributed by atoms with Crippen molar-refractivity contribution in [1.82, 2.24) is 10.6 Å². The highest BCUT2D eigenvalue weighted by molar-refractivity contribution is 8.14. The zero-order chi connectivity index (χ0) is 13.8. The molecule has 2 atom stereocenters. The summed E-state index contributed by atoms with van der Waals surface area (Å²) < 4.78 is 4.71. The highest BCUT2D eigenvalue weighted by Crippen LogP contribution is 2.17. The number of esters is 1. The number of carbonyl (C=O) groups is 3. The first-order valence-electron chi connectivity index (χ1n) is 5.76. The number of hydrogen-bond donors (Lipinski definition) is 2. The molecule has 6 nitrogen and oxygen atoms in total. The quantitative estimate of drug-likeness (QED) is 0.719. The van der Waals surface area contributed by atoms with Crippen LogP contribution in [0.15, 0.2) is 0 Å². The average molecular weight is 274 g/mol. The Labute approximate surface area is 110 Å². The SMILES string of the molecule is CCCC(C)(NC(=O)C1CSC(=O)N1)C(=O)OC. The molecule has 7 heteroatoms. The van der Waals surface area contributed by atoms with Crippen LogP contribution >= 0.6 is 11.8 Å². The number of rotatable bonds is 5. The van der Waals surface area contributed by atoms with E-state index in [4.69, 9.17) is 4.74 Å². The van der Waals surface area contributed by atoms with Crippen molar-refractivity contribution in [3.63, 3.8) is 0 Å². The summed E-state index contributed by atoms with van der Waals surface area (Å²) in [5, 5.41) is 4.98. The van der Waals surface area contributed by atoms with Crippen LogP contribution < -0.4 is 10.6 Å². The normalized spacial score (nSPS) is 21.9. The van der Waals surface area contributed by atoms with Crippen LogP contribution in [0.5, 0.6) is 0 Å². The Morgan fingerprint density at radius 1 is 1.61 bits per heavy atom. The van der Waals surface area contributed by atoms with E-state index in [1.54, 1.807) is 6.92 Å². The molecular weight excluding hydrogens is 256 g/mol. The number of ether oxygens (including phenoxy) is 1. The number of thioether (sulfide) groups is 1. The Bertz CT molecular complexity index is 361. The maximum atomic E-state index is 12.0. The second kappa shape index (κ2) is 6.08. The van der Waals surface area contributed by atoms with Crippen LogP contribution in [0.3, 0.4) is 0 Å². The molecule has 1 fully saturated rings. The Hall–Kier alpha value is -1.24. The zero-order valence-corrected chi connectivity index (χ0v) is 11.6. The minimum Gasteiger partial charge on any atom is -0.467 e. The molecule has 0 aromatic carbocycles. The van der Waals surface area contributed by atoms with Crippen molar-refractivity contribution in [3.05, 3.63) is 0 Å². The molecule has 0 aromatic rings. The third-order valence-corrected chi connectivity index (χ3v) is 3.65. The minimum atomic E-state index is -1.04. The van der Waals surface area contributed by atoms with Gasteiger partial charge in [0.2, 0.25) is 5.91 Å². The predicted octanol–water partition coefficient (Wildman–Crippen LogP) is 0.659. The van der Waals surface area contributed by atoms with Gasteiger partial charge in [0.05, 0.1) is 7.11 Å². The minimum absolute atomic E-state index is 0.217. The topological polar surface area (TPSA) is 84.5 Å². The largest absolute Gasteiger partial charge is 0.467 e. The highest BCUT2D eigenvalue weighted by Gasteiger charge is 2.38. The number of amides is 2. The number of methoxy groups -OCH3 is 1. The Morgan fingerprint density at radius 3 is 2.72 bits per heavy atom. The Balaban J connectivity index is 2.68. The molecule has 0 radical (unpaired) electrons. The van der Waals surface area contributed by atoms with Gasteiger partial charge in [0, 0.05) is 5.75 Å². The van der Waals surface area contributed by atoms with Crippen molar-refractivity contribution in [3.8, 4) is 0 Å². The van der Waals surface area contributed by atoms with Crippen molar-refractivity contribution in [1.29, 1.82) is 0 Å². The van der Waals surface area contributed by atoms with E-state index in [0.29, 0.717) is 12.2 Å². The second-order valence-corrected chi connectivity index (χ2v) is 5.35. The summed E-state index contributed by atoms with van der Waals surface area (Å²) in [6.45, 7) is 3.55. The van der Waals surface area contributed by atoms with Crippen molar-refractivity contribution in [2.75, 3.05) is 12.9 Å². The van der Waals surface area contributed by atoms with Gasteiger partial charge in [0.25, 0.3) is 5.24 Å². The number of carbonyl (C=O) groups excluding carboxylic acids is 3. The van der Waals surface area contributed by atoms with E-state index in [9.17, 15) is 14.4 Å². The molecule has 0 aromatic heterocycles. The first-order chi connectivity index (χ1) is 8.42. The molecule has 1 aliphatic rings. The van der Waals surface area contributed by atoms with Gasteiger partial charge < -0.3 is 15.4 Å². The van der Waals surface area contributed by atoms with E-state index in [1.165, 1.54) is 7.11 Å². The van der Waals surface area contributed by atoms with E-state index >= 15 is 0 Å². The van der Waals surface area contributed by atoms with Crippen molar-refractivity contribution in [2.45, 2.75) is 38.3 Å². The van der Waals surface area contributed by atoms with Crippen LogP contribution in [0.1, 0.15) is 26.7 Å². The highest BCUT2D eigenvalue weighted by atomic mass is 32.2. The average Bonchev–Trinajstić information content (AvgIpc) is 2.75. The summed E-state index contributed by atoms with van der Waals surface area (Å²) in [4.78, 5) is 34.7. The first-order valence-corrected chi connectivity index (χ1v) is 6.75. The molecular formula is C11H18N2O4S. The molecule has 0 saturated carbocycles. The predicted molar refractivity (Wildman–Crippen MR) is 68.2 cm³/mol. The van der Waals surface area contributed by atoms with Gasteiger partial charge in [-0.05, 0) is 13.3 Å². The smallest absolute Gasteiger partial charge is 0.331 e. The van der Waals surface area contributed by atoms with E-state index in [-0.39, 0.29) is 11.1 Å². The summed E-state index contributed by atoms with van der Waals surface area (Å²) in [5.41, 5.74) is -1.04. The van der Waals surface area contributed by atoms with E-state index in [0.717, 1.165) is 18.2 Å². The fourth-order valence-electron chi connectivity index (χ4n) is 1.83. The van der Waals surface area contributed by atoms with Crippen LogP contribution in [0.4, 0.5) is 4.79 Å². The van der Waals surface area contributed by atoms with Gasteiger partial charge in [-0.15, -0.1) is 0 Å². The van der Waals surface area contributed by atoms with Crippen molar-refractivity contribution in [2.24, 2.45) is 0 Å². The molecule has 102 valence electrons. The third-order valence-electron chi connectivity index (χ3n) is 2.77. The summed E-state index contributed by atoms with van der Waals surface area (Å²) in [5.74, 6) is -0.446. The standard InChI is InChI=1S/C11H18N2O4S/c1-4-5-11(2,9(15)17-3)13-8(14)7-6-18-10(16)12-7/h7H,4-6H2,1-3H3,(H,12,16)(H,13,14). The van der Waals surface area contributed by atoms with Gasteiger partial charge >= 0.3 is 5.97 Å². The summed E-state index contributed by atoms with van der Waals surface area (Å²) >= 11 is 1.06. The van der Waals surface area contributed by atoms with Gasteiger partial charge in [0.1, 0.15) is 11.6 Å². The maximum Gasteiger partial charge on any atom is 0.331 e. The van der Waals surface area contributed by atoms with Gasteiger partial charge in [-0.1, -0.05) is 25.1 Å². The van der Waals surface area contributed by atoms with Gasteiger partial charge in [-0.25, -0.2) is 4.79 Å². The number of hydrogen-bond acceptors (Lipinski definition) is 5. The first kappa shape index (κ1) is 14.8. The molecule has 0 aliphatic carbocycles. The van der Waals surface area contributed by atoms with Gasteiger partial charge in [0.15, 0.2) is 0 Å². The van der Waals surface area contributed by atoms with Crippen LogP contribution in [0, 0.1) is 0 Å². The van der Waals surface area contributed by atoms with Gasteiger partial charge in [-0.2, -0.15) is 0 Å². The van der Waals surface area contributed by atoms with E-state index in [2.05, 4.69) is 10.6 Å². The molecule has 1 saturated heterocycles. The van der Waals surface area contributed by atoms with Crippen LogP contribution in [0.25, 0.3) is 0 Å². The third kappa shape index (κ3) is 3.38. The monoisotopic (exact) mass is 274 g/mol. The van der Waals surface area contributed by atoms with Crippen LogP contribution in [-0.4, -0.2) is 41.6 Å². The van der Waals surface area contributed by atoms with Crippen LogP contribution in [-0.2, 0) is 14.3 Å². The van der Waals surface area contributed by atoms with E-state index in [1.807, 2.05) is 6.92 Å². The molecule has 18 heavy (non-hydrogen) atoms. The molecule has 2 amide bonds.